The quantitative estimate of drug-likeness (QED) is 0.652. The first kappa shape index (κ1) is 12.3. The summed E-state index contributed by atoms with van der Waals surface area (Å²) in [5.41, 5.74) is 10.2. The van der Waals surface area contributed by atoms with Crippen LogP contribution in [0.4, 0.5) is 5.69 Å². The predicted octanol–water partition coefficient (Wildman–Crippen LogP) is 4.43. The lowest BCUT2D eigenvalue weighted by atomic mass is 10.1. The molecule has 2 aromatic carbocycles. The van der Waals surface area contributed by atoms with Crippen LogP contribution in [-0.4, -0.2) is 9.97 Å². The molecule has 96 valence electrons. The monoisotopic (exact) mass is 291 g/mol. The van der Waals surface area contributed by atoms with Gasteiger partial charge in [-0.25, -0.2) is 4.98 Å². The van der Waals surface area contributed by atoms with Gasteiger partial charge in [-0.3, -0.25) is 0 Å². The fourth-order valence-corrected chi connectivity index (χ4v) is 2.29. The number of halogens is 2. The molecule has 0 aliphatic heterocycles. The van der Waals surface area contributed by atoms with Crippen molar-refractivity contribution in [3.8, 4) is 11.4 Å². The second-order valence-electron chi connectivity index (χ2n) is 4.44. The molecule has 0 saturated carbocycles. The summed E-state index contributed by atoms with van der Waals surface area (Å²) >= 11 is 12.0. The minimum Gasteiger partial charge on any atom is -0.399 e. The first-order valence-electron chi connectivity index (χ1n) is 5.76. The maximum Gasteiger partial charge on any atom is 0.138 e. The van der Waals surface area contributed by atoms with Crippen molar-refractivity contribution in [3.63, 3.8) is 0 Å². The average Bonchev–Trinajstić information content (AvgIpc) is 2.76. The number of aromatic amines is 1. The van der Waals surface area contributed by atoms with E-state index in [-0.39, 0.29) is 0 Å². The van der Waals surface area contributed by atoms with Crippen molar-refractivity contribution >= 4 is 39.9 Å². The van der Waals surface area contributed by atoms with Gasteiger partial charge in [0.05, 0.1) is 21.1 Å². The third kappa shape index (κ3) is 2.15. The van der Waals surface area contributed by atoms with E-state index in [2.05, 4.69) is 9.97 Å². The fourth-order valence-electron chi connectivity index (χ4n) is 1.96. The lowest BCUT2D eigenvalue weighted by Crippen LogP contribution is -1.90. The minimum absolute atomic E-state index is 0.501. The van der Waals surface area contributed by atoms with E-state index in [0.29, 0.717) is 10.0 Å². The topological polar surface area (TPSA) is 54.7 Å². The van der Waals surface area contributed by atoms with Crippen LogP contribution in [0.1, 0.15) is 5.56 Å². The number of aryl methyl sites for hydroxylation is 1. The van der Waals surface area contributed by atoms with Crippen LogP contribution in [0.15, 0.2) is 30.3 Å². The molecule has 0 bridgehead atoms. The number of aromatic nitrogens is 2. The molecule has 19 heavy (non-hydrogen) atoms. The molecule has 1 aromatic heterocycles. The van der Waals surface area contributed by atoms with Crippen molar-refractivity contribution in [2.75, 3.05) is 5.73 Å². The van der Waals surface area contributed by atoms with E-state index in [4.69, 9.17) is 28.9 Å². The van der Waals surface area contributed by atoms with Gasteiger partial charge in [0.2, 0.25) is 0 Å². The lowest BCUT2D eigenvalue weighted by molar-refractivity contribution is 1.32. The summed E-state index contributed by atoms with van der Waals surface area (Å²) in [7, 11) is 0. The Morgan fingerprint density at radius 2 is 1.84 bits per heavy atom. The molecule has 3 N–H and O–H groups in total. The second-order valence-corrected chi connectivity index (χ2v) is 5.25. The molecule has 0 atom stereocenters. The molecular formula is C14H11Cl2N3. The normalized spacial score (nSPS) is 11.1. The summed E-state index contributed by atoms with van der Waals surface area (Å²) in [4.78, 5) is 7.75. The number of H-pyrrole nitrogens is 1. The maximum atomic E-state index is 5.99. The van der Waals surface area contributed by atoms with Gasteiger partial charge < -0.3 is 10.7 Å². The number of hydrogen-bond donors (Lipinski definition) is 2. The Hall–Kier alpha value is -1.71. The minimum atomic E-state index is 0.501. The Balaban J connectivity index is 2.17. The smallest absolute Gasteiger partial charge is 0.138 e. The van der Waals surface area contributed by atoms with Gasteiger partial charge in [-0.2, -0.15) is 0 Å². The standard InChI is InChI=1S/C14H11Cl2N3/c1-7-4-8(2-3-11(7)17)14-18-12-5-9(15)10(16)6-13(12)19-14/h2-6H,17H2,1H3,(H,18,19). The highest BCUT2D eigenvalue weighted by Crippen LogP contribution is 2.29. The van der Waals surface area contributed by atoms with Crippen molar-refractivity contribution < 1.29 is 0 Å². The van der Waals surface area contributed by atoms with Gasteiger partial charge >= 0.3 is 0 Å². The predicted molar refractivity (Wildman–Crippen MR) is 80.7 cm³/mol. The summed E-state index contributed by atoms with van der Waals surface area (Å²) in [6, 6.07) is 9.33. The molecule has 1 heterocycles. The molecule has 5 heteroatoms. The molecule has 0 amide bonds. The zero-order chi connectivity index (χ0) is 13.6. The average molecular weight is 292 g/mol. The van der Waals surface area contributed by atoms with Crippen LogP contribution >= 0.6 is 23.2 Å². The number of anilines is 1. The van der Waals surface area contributed by atoms with E-state index in [0.717, 1.165) is 33.7 Å². The summed E-state index contributed by atoms with van der Waals surface area (Å²) in [5.74, 6) is 0.774. The van der Waals surface area contributed by atoms with Crippen LogP contribution in [0, 0.1) is 6.92 Å². The van der Waals surface area contributed by atoms with Crippen molar-refractivity contribution in [2.24, 2.45) is 0 Å². The third-order valence-electron chi connectivity index (χ3n) is 3.07. The number of imidazole rings is 1. The highest BCUT2D eigenvalue weighted by atomic mass is 35.5. The highest BCUT2D eigenvalue weighted by molar-refractivity contribution is 6.42. The van der Waals surface area contributed by atoms with Crippen LogP contribution in [0.2, 0.25) is 10.0 Å². The molecule has 0 spiro atoms. The molecule has 0 aliphatic rings. The van der Waals surface area contributed by atoms with Gasteiger partial charge in [-0.1, -0.05) is 23.2 Å². The first-order chi connectivity index (χ1) is 9.04. The number of hydrogen-bond acceptors (Lipinski definition) is 2. The Morgan fingerprint density at radius 3 is 2.58 bits per heavy atom. The Morgan fingerprint density at radius 1 is 1.11 bits per heavy atom. The summed E-state index contributed by atoms with van der Waals surface area (Å²) < 4.78 is 0. The van der Waals surface area contributed by atoms with Gasteiger partial charge in [0.1, 0.15) is 5.82 Å². The molecule has 0 saturated heterocycles. The van der Waals surface area contributed by atoms with Gasteiger partial charge in [-0.15, -0.1) is 0 Å². The molecule has 0 radical (unpaired) electrons. The number of fused-ring (bicyclic) bond motifs is 1. The highest BCUT2D eigenvalue weighted by Gasteiger charge is 2.09. The van der Waals surface area contributed by atoms with E-state index < -0.39 is 0 Å². The van der Waals surface area contributed by atoms with Crippen molar-refractivity contribution in [2.45, 2.75) is 6.92 Å². The summed E-state index contributed by atoms with van der Waals surface area (Å²) in [6.07, 6.45) is 0. The number of nitrogens with one attached hydrogen (secondary N) is 1. The molecular weight excluding hydrogens is 281 g/mol. The fraction of sp³-hybridized carbons (Fsp3) is 0.0714. The van der Waals surface area contributed by atoms with Gasteiger partial charge in [-0.05, 0) is 42.8 Å². The second kappa shape index (κ2) is 4.44. The zero-order valence-corrected chi connectivity index (χ0v) is 11.7. The van der Waals surface area contributed by atoms with E-state index in [1.54, 1.807) is 12.1 Å². The molecule has 0 fully saturated rings. The molecule has 3 rings (SSSR count). The number of nitrogen functional groups attached to an aromatic ring is 1. The van der Waals surface area contributed by atoms with E-state index in [9.17, 15) is 0 Å². The van der Waals surface area contributed by atoms with Gasteiger partial charge in [0.15, 0.2) is 0 Å². The van der Waals surface area contributed by atoms with Crippen molar-refractivity contribution in [1.29, 1.82) is 0 Å². The number of rotatable bonds is 1. The Bertz CT molecular complexity index is 739. The SMILES string of the molecule is Cc1cc(-c2nc3cc(Cl)c(Cl)cc3[nH]2)ccc1N. The van der Waals surface area contributed by atoms with Gasteiger partial charge in [0, 0.05) is 11.3 Å². The first-order valence-corrected chi connectivity index (χ1v) is 6.51. The zero-order valence-electron chi connectivity index (χ0n) is 10.2. The van der Waals surface area contributed by atoms with Crippen molar-refractivity contribution in [1.82, 2.24) is 9.97 Å². The van der Waals surface area contributed by atoms with E-state index in [1.165, 1.54) is 0 Å². The lowest BCUT2D eigenvalue weighted by Gasteiger charge is -2.01. The summed E-state index contributed by atoms with van der Waals surface area (Å²) in [5, 5.41) is 1.01. The van der Waals surface area contributed by atoms with Gasteiger partial charge in [0.25, 0.3) is 0 Å². The van der Waals surface area contributed by atoms with E-state index >= 15 is 0 Å². The van der Waals surface area contributed by atoms with Crippen LogP contribution in [0.3, 0.4) is 0 Å². The van der Waals surface area contributed by atoms with E-state index in [1.807, 2.05) is 25.1 Å². The number of benzene rings is 2. The number of nitrogens with two attached hydrogens (primary N) is 1. The van der Waals surface area contributed by atoms with Crippen LogP contribution in [0.5, 0.6) is 0 Å². The largest absolute Gasteiger partial charge is 0.399 e. The molecule has 0 aliphatic carbocycles. The third-order valence-corrected chi connectivity index (χ3v) is 3.79. The molecule has 3 aromatic rings. The maximum absolute atomic E-state index is 5.99. The molecule has 3 nitrogen and oxygen atoms in total. The molecule has 0 unspecified atom stereocenters. The van der Waals surface area contributed by atoms with Crippen LogP contribution in [-0.2, 0) is 0 Å². The Kier molecular flexibility index (Phi) is 2.88. The Labute approximate surface area is 120 Å². The number of nitrogens with zero attached hydrogens (tertiary/aromatic N) is 1. The van der Waals surface area contributed by atoms with Crippen molar-refractivity contribution in [3.05, 3.63) is 45.9 Å². The van der Waals surface area contributed by atoms with Crippen LogP contribution in [0.25, 0.3) is 22.4 Å². The summed E-state index contributed by atoms with van der Waals surface area (Å²) in [6.45, 7) is 1.97. The van der Waals surface area contributed by atoms with Crippen LogP contribution < -0.4 is 5.73 Å².